The SMILES string of the molecule is COc1cc(/C=C2\SC(=O)N(CC(=O)Nc3ccc(C)c(Cl)c3)C2=O)ccc1OCC(=O)O. The van der Waals surface area contributed by atoms with E-state index < -0.39 is 36.2 Å². The fourth-order valence-corrected chi connectivity index (χ4v) is 3.85. The number of rotatable bonds is 8. The minimum absolute atomic E-state index is 0.132. The van der Waals surface area contributed by atoms with E-state index in [1.807, 2.05) is 6.92 Å². The van der Waals surface area contributed by atoms with Crippen molar-refractivity contribution in [1.82, 2.24) is 4.90 Å². The van der Waals surface area contributed by atoms with Crippen molar-refractivity contribution in [3.05, 3.63) is 57.5 Å². The number of amides is 3. The first-order valence-electron chi connectivity index (χ1n) is 9.52. The van der Waals surface area contributed by atoms with Crippen molar-refractivity contribution in [3.8, 4) is 11.5 Å². The van der Waals surface area contributed by atoms with E-state index in [2.05, 4.69) is 5.32 Å². The zero-order valence-electron chi connectivity index (χ0n) is 17.6. The van der Waals surface area contributed by atoms with Gasteiger partial charge in [0.1, 0.15) is 6.54 Å². The summed E-state index contributed by atoms with van der Waals surface area (Å²) in [6.45, 7) is 0.844. The smallest absolute Gasteiger partial charge is 0.341 e. The third-order valence-electron chi connectivity index (χ3n) is 4.47. The topological polar surface area (TPSA) is 122 Å². The highest BCUT2D eigenvalue weighted by molar-refractivity contribution is 8.18. The monoisotopic (exact) mass is 490 g/mol. The molecule has 1 aliphatic rings. The van der Waals surface area contributed by atoms with Crippen LogP contribution in [-0.4, -0.2) is 53.3 Å². The van der Waals surface area contributed by atoms with Crippen molar-refractivity contribution < 1.29 is 33.8 Å². The van der Waals surface area contributed by atoms with Crippen molar-refractivity contribution in [3.63, 3.8) is 0 Å². The molecule has 0 bridgehead atoms. The Balaban J connectivity index is 1.70. The summed E-state index contributed by atoms with van der Waals surface area (Å²) in [5, 5.41) is 11.3. The molecule has 0 atom stereocenters. The Morgan fingerprint density at radius 3 is 2.61 bits per heavy atom. The highest BCUT2D eigenvalue weighted by Crippen LogP contribution is 2.34. The van der Waals surface area contributed by atoms with Crippen LogP contribution in [0.2, 0.25) is 5.02 Å². The number of ether oxygens (including phenoxy) is 2. The Labute approximate surface area is 198 Å². The molecule has 3 rings (SSSR count). The van der Waals surface area contributed by atoms with E-state index in [1.54, 1.807) is 30.3 Å². The van der Waals surface area contributed by atoms with Crippen LogP contribution in [0.15, 0.2) is 41.3 Å². The molecule has 0 aliphatic carbocycles. The van der Waals surface area contributed by atoms with Gasteiger partial charge in [0.05, 0.1) is 12.0 Å². The molecule has 1 aliphatic heterocycles. The predicted molar refractivity (Wildman–Crippen MR) is 124 cm³/mol. The van der Waals surface area contributed by atoms with Crippen LogP contribution in [0.4, 0.5) is 10.5 Å². The average molecular weight is 491 g/mol. The van der Waals surface area contributed by atoms with Gasteiger partial charge < -0.3 is 19.9 Å². The van der Waals surface area contributed by atoms with Gasteiger partial charge in [-0.25, -0.2) is 4.79 Å². The minimum atomic E-state index is -1.13. The van der Waals surface area contributed by atoms with Crippen molar-refractivity contribution >= 4 is 58.1 Å². The number of anilines is 1. The van der Waals surface area contributed by atoms with Gasteiger partial charge in [-0.15, -0.1) is 0 Å². The first kappa shape index (κ1) is 24.1. The van der Waals surface area contributed by atoms with Gasteiger partial charge in [0.15, 0.2) is 18.1 Å². The summed E-state index contributed by atoms with van der Waals surface area (Å²) in [4.78, 5) is 49.0. The third kappa shape index (κ3) is 6.05. The average Bonchev–Trinajstić information content (AvgIpc) is 3.02. The van der Waals surface area contributed by atoms with E-state index in [4.69, 9.17) is 26.2 Å². The highest BCUT2D eigenvalue weighted by Gasteiger charge is 2.36. The van der Waals surface area contributed by atoms with Gasteiger partial charge in [0.25, 0.3) is 11.1 Å². The Morgan fingerprint density at radius 2 is 1.94 bits per heavy atom. The van der Waals surface area contributed by atoms with Gasteiger partial charge in [-0.2, -0.15) is 0 Å². The number of imide groups is 1. The molecule has 11 heteroatoms. The van der Waals surface area contributed by atoms with Crippen LogP contribution in [0.25, 0.3) is 6.08 Å². The summed E-state index contributed by atoms with van der Waals surface area (Å²) in [6.07, 6.45) is 1.48. The van der Waals surface area contributed by atoms with Gasteiger partial charge in [-0.3, -0.25) is 19.3 Å². The van der Waals surface area contributed by atoms with Gasteiger partial charge in [0.2, 0.25) is 5.91 Å². The zero-order valence-corrected chi connectivity index (χ0v) is 19.2. The van der Waals surface area contributed by atoms with Crippen LogP contribution in [0, 0.1) is 6.92 Å². The zero-order chi connectivity index (χ0) is 24.1. The van der Waals surface area contributed by atoms with Gasteiger partial charge in [-0.1, -0.05) is 23.7 Å². The molecular weight excluding hydrogens is 472 g/mol. The number of carbonyl (C=O) groups excluding carboxylic acids is 3. The van der Waals surface area contributed by atoms with Crippen LogP contribution < -0.4 is 14.8 Å². The number of carboxylic acid groups (broad SMARTS) is 1. The van der Waals surface area contributed by atoms with Crippen LogP contribution >= 0.6 is 23.4 Å². The lowest BCUT2D eigenvalue weighted by molar-refractivity contribution is -0.139. The van der Waals surface area contributed by atoms with Gasteiger partial charge >= 0.3 is 5.97 Å². The molecule has 2 aromatic carbocycles. The standard InChI is InChI=1S/C22H19ClN2O7S/c1-12-3-5-14(9-15(12)23)24-19(26)10-25-21(29)18(33-22(25)30)8-13-4-6-16(17(7-13)31-2)32-11-20(27)28/h3-9H,10-11H2,1-2H3,(H,24,26)(H,27,28)/b18-8-. The van der Waals surface area contributed by atoms with E-state index in [0.29, 0.717) is 28.0 Å². The van der Waals surface area contributed by atoms with E-state index in [1.165, 1.54) is 19.3 Å². The number of nitrogens with zero attached hydrogens (tertiary/aromatic N) is 1. The number of aliphatic carboxylic acids is 1. The molecule has 2 aromatic rings. The molecule has 1 saturated heterocycles. The molecule has 1 fully saturated rings. The number of methoxy groups -OCH3 is 1. The normalized spacial score (nSPS) is 14.5. The fourth-order valence-electron chi connectivity index (χ4n) is 2.84. The number of carbonyl (C=O) groups is 4. The summed E-state index contributed by atoms with van der Waals surface area (Å²) in [5.41, 5.74) is 1.83. The lowest BCUT2D eigenvalue weighted by Gasteiger charge is -2.13. The predicted octanol–water partition coefficient (Wildman–Crippen LogP) is 3.80. The molecule has 0 spiro atoms. The second-order valence-electron chi connectivity index (χ2n) is 6.87. The molecule has 172 valence electrons. The van der Waals surface area contributed by atoms with Crippen molar-refractivity contribution in [2.45, 2.75) is 6.92 Å². The minimum Gasteiger partial charge on any atom is -0.493 e. The first-order valence-corrected chi connectivity index (χ1v) is 10.7. The lowest BCUT2D eigenvalue weighted by atomic mass is 10.2. The highest BCUT2D eigenvalue weighted by atomic mass is 35.5. The van der Waals surface area contributed by atoms with E-state index in [-0.39, 0.29) is 16.4 Å². The number of benzene rings is 2. The number of thioether (sulfide) groups is 1. The maximum absolute atomic E-state index is 12.7. The number of halogens is 1. The second-order valence-corrected chi connectivity index (χ2v) is 8.27. The van der Waals surface area contributed by atoms with E-state index in [9.17, 15) is 19.2 Å². The Bertz CT molecular complexity index is 1170. The van der Waals surface area contributed by atoms with Crippen molar-refractivity contribution in [2.24, 2.45) is 0 Å². The molecular formula is C22H19ClN2O7S. The largest absolute Gasteiger partial charge is 0.493 e. The van der Waals surface area contributed by atoms with E-state index >= 15 is 0 Å². The van der Waals surface area contributed by atoms with Gasteiger partial charge in [0, 0.05) is 10.7 Å². The van der Waals surface area contributed by atoms with Crippen LogP contribution in [0.1, 0.15) is 11.1 Å². The maximum atomic E-state index is 12.7. The van der Waals surface area contributed by atoms with Crippen molar-refractivity contribution in [2.75, 3.05) is 25.6 Å². The summed E-state index contributed by atoms with van der Waals surface area (Å²) in [7, 11) is 1.39. The first-order chi connectivity index (χ1) is 15.7. The molecule has 0 aromatic heterocycles. The van der Waals surface area contributed by atoms with Crippen LogP contribution in [0.5, 0.6) is 11.5 Å². The van der Waals surface area contributed by atoms with Crippen LogP contribution in [-0.2, 0) is 14.4 Å². The molecule has 3 amide bonds. The Kier molecular flexibility index (Phi) is 7.62. The fraction of sp³-hybridized carbons (Fsp3) is 0.182. The maximum Gasteiger partial charge on any atom is 0.341 e. The molecule has 0 unspecified atom stereocenters. The molecule has 0 saturated carbocycles. The quantitative estimate of drug-likeness (QED) is 0.536. The number of carboxylic acids is 1. The number of nitrogens with one attached hydrogen (secondary N) is 1. The van der Waals surface area contributed by atoms with Crippen molar-refractivity contribution in [1.29, 1.82) is 0 Å². The van der Waals surface area contributed by atoms with Crippen LogP contribution in [0.3, 0.4) is 0 Å². The molecule has 0 radical (unpaired) electrons. The van der Waals surface area contributed by atoms with E-state index in [0.717, 1.165) is 10.5 Å². The number of aryl methyl sites for hydroxylation is 1. The number of hydrogen-bond acceptors (Lipinski definition) is 7. The molecule has 2 N–H and O–H groups in total. The summed E-state index contributed by atoms with van der Waals surface area (Å²) in [5.74, 6) is -1.80. The van der Waals surface area contributed by atoms with Gasteiger partial charge in [-0.05, 0) is 60.2 Å². The summed E-state index contributed by atoms with van der Waals surface area (Å²) >= 11 is 6.76. The molecule has 33 heavy (non-hydrogen) atoms. The summed E-state index contributed by atoms with van der Waals surface area (Å²) < 4.78 is 10.3. The molecule has 9 nitrogen and oxygen atoms in total. The second kappa shape index (κ2) is 10.4. The lowest BCUT2D eigenvalue weighted by Crippen LogP contribution is -2.36. The Morgan fingerprint density at radius 1 is 1.18 bits per heavy atom. The Hall–Kier alpha value is -3.50. The summed E-state index contributed by atoms with van der Waals surface area (Å²) in [6, 6.07) is 9.62. The molecule has 1 heterocycles. The third-order valence-corrected chi connectivity index (χ3v) is 5.78. The number of hydrogen-bond donors (Lipinski definition) is 2.